The van der Waals surface area contributed by atoms with E-state index in [1.807, 2.05) is 30.3 Å². The number of benzene rings is 2. The third-order valence-electron chi connectivity index (χ3n) is 3.67. The zero-order chi connectivity index (χ0) is 19.9. The second-order valence-electron chi connectivity index (χ2n) is 5.59. The molecule has 0 amide bonds. The number of alkyl halides is 2. The van der Waals surface area contributed by atoms with E-state index >= 15 is 0 Å². The number of ether oxygens (including phenoxy) is 1. The average molecular weight is 382 g/mol. The van der Waals surface area contributed by atoms with Gasteiger partial charge in [-0.2, -0.15) is 13.9 Å². The second-order valence-corrected chi connectivity index (χ2v) is 5.59. The predicted octanol–water partition coefficient (Wildman–Crippen LogP) is 3.94. The molecule has 0 unspecified atom stereocenters. The van der Waals surface area contributed by atoms with Gasteiger partial charge in [0.05, 0.1) is 11.4 Å². The van der Waals surface area contributed by atoms with E-state index in [0.29, 0.717) is 11.4 Å². The maximum atomic E-state index is 12.4. The summed E-state index contributed by atoms with van der Waals surface area (Å²) in [6.07, 6.45) is 3.89. The van der Waals surface area contributed by atoms with E-state index in [2.05, 4.69) is 15.2 Å². The van der Waals surface area contributed by atoms with Crippen LogP contribution in [0, 0.1) is 5.41 Å². The molecule has 28 heavy (non-hydrogen) atoms. The van der Waals surface area contributed by atoms with Gasteiger partial charge in [0.2, 0.25) is 5.43 Å². The van der Waals surface area contributed by atoms with Crippen LogP contribution in [0.5, 0.6) is 5.75 Å². The number of hydrogen-bond donors (Lipinski definition) is 2. The van der Waals surface area contributed by atoms with Crippen molar-refractivity contribution >= 4 is 17.6 Å². The van der Waals surface area contributed by atoms with E-state index in [0.717, 1.165) is 11.9 Å². The number of aromatic nitrogens is 2. The van der Waals surface area contributed by atoms with E-state index < -0.39 is 6.61 Å². The van der Waals surface area contributed by atoms with Crippen molar-refractivity contribution in [3.63, 3.8) is 0 Å². The zero-order valence-electron chi connectivity index (χ0n) is 14.5. The SMILES string of the molecule is N=C/C=C(\Nc1ccccc1)c1nn(-c2cccc(OC(F)F)c2)ccc1=O. The molecule has 0 saturated carbocycles. The summed E-state index contributed by atoms with van der Waals surface area (Å²) in [5, 5.41) is 14.7. The van der Waals surface area contributed by atoms with Crippen molar-refractivity contribution in [3.8, 4) is 11.4 Å². The third-order valence-corrected chi connectivity index (χ3v) is 3.67. The van der Waals surface area contributed by atoms with Crippen molar-refractivity contribution in [2.24, 2.45) is 0 Å². The van der Waals surface area contributed by atoms with Crippen LogP contribution in [0.2, 0.25) is 0 Å². The van der Waals surface area contributed by atoms with Gasteiger partial charge in [-0.1, -0.05) is 24.3 Å². The lowest BCUT2D eigenvalue weighted by Crippen LogP contribution is -2.18. The highest BCUT2D eigenvalue weighted by Crippen LogP contribution is 2.19. The van der Waals surface area contributed by atoms with E-state index in [1.165, 1.54) is 35.2 Å². The quantitative estimate of drug-likeness (QED) is 0.607. The fourth-order valence-electron chi connectivity index (χ4n) is 2.48. The number of nitrogens with one attached hydrogen (secondary N) is 2. The summed E-state index contributed by atoms with van der Waals surface area (Å²) in [5.74, 6) is -0.0211. The van der Waals surface area contributed by atoms with Gasteiger partial charge in [0.1, 0.15) is 5.75 Å². The molecule has 6 nitrogen and oxygen atoms in total. The Morgan fingerprint density at radius 2 is 1.93 bits per heavy atom. The second kappa shape index (κ2) is 8.72. The van der Waals surface area contributed by atoms with Crippen LogP contribution in [0.25, 0.3) is 11.4 Å². The molecule has 2 aromatic carbocycles. The molecule has 0 fully saturated rings. The first-order valence-electron chi connectivity index (χ1n) is 8.25. The molecule has 0 atom stereocenters. The van der Waals surface area contributed by atoms with Crippen LogP contribution >= 0.6 is 0 Å². The number of anilines is 1. The Kier molecular flexibility index (Phi) is 5.91. The molecule has 0 aliphatic carbocycles. The number of hydrogen-bond acceptors (Lipinski definition) is 5. The lowest BCUT2D eigenvalue weighted by Gasteiger charge is -2.13. The van der Waals surface area contributed by atoms with Crippen LogP contribution in [-0.4, -0.2) is 22.6 Å². The maximum Gasteiger partial charge on any atom is 0.387 e. The molecule has 2 N–H and O–H groups in total. The zero-order valence-corrected chi connectivity index (χ0v) is 14.5. The van der Waals surface area contributed by atoms with Crippen LogP contribution in [0.1, 0.15) is 5.69 Å². The lowest BCUT2D eigenvalue weighted by molar-refractivity contribution is -0.0498. The van der Waals surface area contributed by atoms with Crippen molar-refractivity contribution in [2.75, 3.05) is 5.32 Å². The standard InChI is InChI=1S/C20H16F2N4O2/c21-20(22)28-16-8-4-7-15(13-16)26-12-10-18(27)19(25-26)17(9-11-23)24-14-5-2-1-3-6-14/h1-13,20,23-24H/b17-9-,23-11?. The molecule has 3 aromatic rings. The van der Waals surface area contributed by atoms with Gasteiger partial charge in [0, 0.05) is 30.2 Å². The molecule has 1 aromatic heterocycles. The van der Waals surface area contributed by atoms with Crippen LogP contribution in [0.15, 0.2) is 77.7 Å². The molecular weight excluding hydrogens is 366 g/mol. The minimum Gasteiger partial charge on any atom is -0.435 e. The van der Waals surface area contributed by atoms with E-state index in [-0.39, 0.29) is 16.9 Å². The normalized spacial score (nSPS) is 11.3. The Balaban J connectivity index is 1.99. The van der Waals surface area contributed by atoms with E-state index in [1.54, 1.807) is 12.1 Å². The Labute approximate surface area is 159 Å². The van der Waals surface area contributed by atoms with Gasteiger partial charge in [-0.15, -0.1) is 0 Å². The van der Waals surface area contributed by atoms with Gasteiger partial charge >= 0.3 is 6.61 Å². The van der Waals surface area contributed by atoms with Gasteiger partial charge < -0.3 is 15.5 Å². The molecule has 8 heteroatoms. The summed E-state index contributed by atoms with van der Waals surface area (Å²) >= 11 is 0. The topological polar surface area (TPSA) is 80.0 Å². The number of nitrogens with zero attached hydrogens (tertiary/aromatic N) is 2. The number of para-hydroxylation sites is 1. The molecule has 0 spiro atoms. The van der Waals surface area contributed by atoms with Crippen LogP contribution in [-0.2, 0) is 0 Å². The first-order valence-corrected chi connectivity index (χ1v) is 8.25. The van der Waals surface area contributed by atoms with E-state index in [9.17, 15) is 13.6 Å². The average Bonchev–Trinajstić information content (AvgIpc) is 2.68. The summed E-state index contributed by atoms with van der Waals surface area (Å²) in [5.41, 5.74) is 1.22. The molecule has 0 aliphatic rings. The van der Waals surface area contributed by atoms with Crippen molar-refractivity contribution in [1.82, 2.24) is 9.78 Å². The lowest BCUT2D eigenvalue weighted by atomic mass is 10.2. The third kappa shape index (κ3) is 4.67. The molecule has 142 valence electrons. The van der Waals surface area contributed by atoms with Gasteiger partial charge in [0.25, 0.3) is 0 Å². The molecule has 3 rings (SSSR count). The Hall–Kier alpha value is -3.81. The summed E-state index contributed by atoms with van der Waals surface area (Å²) < 4.78 is 30.7. The summed E-state index contributed by atoms with van der Waals surface area (Å²) in [6.45, 7) is -2.94. The van der Waals surface area contributed by atoms with Gasteiger partial charge in [-0.05, 0) is 30.3 Å². The highest BCUT2D eigenvalue weighted by atomic mass is 19.3. The number of allylic oxidation sites excluding steroid dienone is 1. The molecule has 1 heterocycles. The van der Waals surface area contributed by atoms with Gasteiger partial charge in [-0.25, -0.2) is 4.68 Å². The minimum absolute atomic E-state index is 0.0211. The fraction of sp³-hybridized carbons (Fsp3) is 0.0500. The molecular formula is C20H16F2N4O2. The number of halogens is 2. The maximum absolute atomic E-state index is 12.4. The highest BCUT2D eigenvalue weighted by Gasteiger charge is 2.11. The smallest absolute Gasteiger partial charge is 0.387 e. The summed E-state index contributed by atoms with van der Waals surface area (Å²) in [4.78, 5) is 12.4. The summed E-state index contributed by atoms with van der Waals surface area (Å²) in [6, 6.07) is 16.4. The van der Waals surface area contributed by atoms with Crippen LogP contribution < -0.4 is 15.5 Å². The van der Waals surface area contributed by atoms with Crippen molar-refractivity contribution in [2.45, 2.75) is 6.61 Å². The highest BCUT2D eigenvalue weighted by molar-refractivity contribution is 5.86. The molecule has 0 aliphatic heterocycles. The molecule has 0 radical (unpaired) electrons. The first kappa shape index (κ1) is 19.0. The summed E-state index contributed by atoms with van der Waals surface area (Å²) in [7, 11) is 0. The number of rotatable bonds is 7. The Morgan fingerprint density at radius 3 is 2.64 bits per heavy atom. The fourth-order valence-corrected chi connectivity index (χ4v) is 2.48. The monoisotopic (exact) mass is 382 g/mol. The largest absolute Gasteiger partial charge is 0.435 e. The predicted molar refractivity (Wildman–Crippen MR) is 103 cm³/mol. The molecule has 0 bridgehead atoms. The van der Waals surface area contributed by atoms with Crippen molar-refractivity contribution in [3.05, 3.63) is 88.9 Å². The van der Waals surface area contributed by atoms with Crippen molar-refractivity contribution < 1.29 is 13.5 Å². The van der Waals surface area contributed by atoms with Crippen LogP contribution in [0.4, 0.5) is 14.5 Å². The Bertz CT molecular complexity index is 1050. The first-order chi connectivity index (χ1) is 13.6. The minimum atomic E-state index is -2.94. The van der Waals surface area contributed by atoms with E-state index in [4.69, 9.17) is 5.41 Å². The van der Waals surface area contributed by atoms with Gasteiger partial charge in [0.15, 0.2) is 5.69 Å². The van der Waals surface area contributed by atoms with Gasteiger partial charge in [-0.3, -0.25) is 4.79 Å². The Morgan fingerprint density at radius 1 is 1.14 bits per heavy atom. The van der Waals surface area contributed by atoms with Crippen molar-refractivity contribution in [1.29, 1.82) is 5.41 Å². The van der Waals surface area contributed by atoms with Crippen LogP contribution in [0.3, 0.4) is 0 Å². The molecule has 0 saturated heterocycles.